The number of hydrogen-bond donors (Lipinski definition) is 0. The molecular formula is C8H5BrF2O. The Morgan fingerprint density at radius 2 is 2.00 bits per heavy atom. The van der Waals surface area contributed by atoms with Gasteiger partial charge >= 0.3 is 0 Å². The fraction of sp³-hybridized carbons (Fsp3) is 0.125. The highest BCUT2D eigenvalue weighted by Crippen LogP contribution is 2.22. The summed E-state index contributed by atoms with van der Waals surface area (Å²) < 4.78 is 25.3. The van der Waals surface area contributed by atoms with Gasteiger partial charge in [0.15, 0.2) is 11.6 Å². The first-order valence-electron chi connectivity index (χ1n) is 3.18. The van der Waals surface area contributed by atoms with E-state index < -0.39 is 17.4 Å². The summed E-state index contributed by atoms with van der Waals surface area (Å²) in [6, 6.07) is 2.17. The maximum Gasteiger partial charge on any atom is 0.162 e. The number of benzene rings is 1. The van der Waals surface area contributed by atoms with Crippen LogP contribution in [-0.4, -0.2) is 5.78 Å². The van der Waals surface area contributed by atoms with Crippen LogP contribution in [0.5, 0.6) is 0 Å². The summed E-state index contributed by atoms with van der Waals surface area (Å²) in [7, 11) is 0. The van der Waals surface area contributed by atoms with Crippen molar-refractivity contribution in [2.75, 3.05) is 0 Å². The lowest BCUT2D eigenvalue weighted by Gasteiger charge is -2.00. The van der Waals surface area contributed by atoms with Gasteiger partial charge in [-0.2, -0.15) is 0 Å². The molecule has 0 fully saturated rings. The summed E-state index contributed by atoms with van der Waals surface area (Å²) in [6.45, 7) is 1.22. The Balaban J connectivity index is 3.36. The van der Waals surface area contributed by atoms with Crippen molar-refractivity contribution in [3.63, 3.8) is 0 Å². The topological polar surface area (TPSA) is 17.1 Å². The Morgan fingerprint density at radius 1 is 1.42 bits per heavy atom. The molecule has 1 nitrogen and oxygen atoms in total. The van der Waals surface area contributed by atoms with Gasteiger partial charge in [-0.25, -0.2) is 8.78 Å². The van der Waals surface area contributed by atoms with Crippen molar-refractivity contribution in [3.8, 4) is 0 Å². The predicted octanol–water partition coefficient (Wildman–Crippen LogP) is 2.93. The first-order chi connectivity index (χ1) is 5.54. The number of carbonyl (C=O) groups excluding carboxylic acids is 1. The van der Waals surface area contributed by atoms with E-state index in [0.717, 1.165) is 12.1 Å². The van der Waals surface area contributed by atoms with E-state index in [4.69, 9.17) is 0 Å². The van der Waals surface area contributed by atoms with Crippen LogP contribution in [-0.2, 0) is 0 Å². The third-order valence-corrected chi connectivity index (χ3v) is 2.14. The van der Waals surface area contributed by atoms with Gasteiger partial charge in [-0.3, -0.25) is 4.79 Å². The molecule has 1 rings (SSSR count). The highest BCUT2D eigenvalue weighted by molar-refractivity contribution is 9.10. The summed E-state index contributed by atoms with van der Waals surface area (Å²) in [5, 5.41) is 0. The third-order valence-electron chi connectivity index (χ3n) is 1.41. The molecule has 0 amide bonds. The minimum absolute atomic E-state index is 0.108. The van der Waals surface area contributed by atoms with Crippen LogP contribution in [0.25, 0.3) is 0 Å². The van der Waals surface area contributed by atoms with Gasteiger partial charge in [-0.1, -0.05) is 0 Å². The van der Waals surface area contributed by atoms with E-state index in [1.165, 1.54) is 6.92 Å². The summed E-state index contributed by atoms with van der Waals surface area (Å²) in [5.74, 6) is -1.98. The van der Waals surface area contributed by atoms with Crippen molar-refractivity contribution in [1.29, 1.82) is 0 Å². The van der Waals surface area contributed by atoms with Gasteiger partial charge in [-0.05, 0) is 35.0 Å². The second kappa shape index (κ2) is 3.31. The van der Waals surface area contributed by atoms with E-state index in [2.05, 4.69) is 15.9 Å². The Bertz CT molecular complexity index is 336. The molecule has 0 radical (unpaired) electrons. The molecule has 0 N–H and O–H groups in total. The van der Waals surface area contributed by atoms with Gasteiger partial charge in [0.25, 0.3) is 0 Å². The van der Waals surface area contributed by atoms with Crippen molar-refractivity contribution in [2.45, 2.75) is 6.92 Å². The Kier molecular flexibility index (Phi) is 2.57. The molecule has 1 aromatic rings. The van der Waals surface area contributed by atoms with Gasteiger partial charge in [0.05, 0.1) is 10.0 Å². The van der Waals surface area contributed by atoms with Gasteiger partial charge in [0.1, 0.15) is 5.82 Å². The number of Topliss-reactive ketones (excluding diaryl/α,β-unsaturated/α-hetero) is 1. The molecule has 0 saturated carbocycles. The van der Waals surface area contributed by atoms with E-state index in [1.54, 1.807) is 0 Å². The molecule has 0 spiro atoms. The van der Waals surface area contributed by atoms with Crippen LogP contribution in [0.2, 0.25) is 0 Å². The van der Waals surface area contributed by atoms with E-state index in [-0.39, 0.29) is 10.0 Å². The zero-order chi connectivity index (χ0) is 9.30. The zero-order valence-electron chi connectivity index (χ0n) is 6.20. The van der Waals surface area contributed by atoms with Crippen molar-refractivity contribution in [3.05, 3.63) is 33.8 Å². The zero-order valence-corrected chi connectivity index (χ0v) is 7.78. The van der Waals surface area contributed by atoms with Gasteiger partial charge in [0.2, 0.25) is 0 Å². The molecule has 0 aliphatic carbocycles. The summed E-state index contributed by atoms with van der Waals surface area (Å²) in [6.07, 6.45) is 0. The lowest BCUT2D eigenvalue weighted by Crippen LogP contribution is -1.98. The summed E-state index contributed by atoms with van der Waals surface area (Å²) in [5.41, 5.74) is -0.108. The quantitative estimate of drug-likeness (QED) is 0.540. The monoisotopic (exact) mass is 234 g/mol. The van der Waals surface area contributed by atoms with Gasteiger partial charge < -0.3 is 0 Å². The Morgan fingerprint density at radius 3 is 2.50 bits per heavy atom. The molecule has 0 bridgehead atoms. The lowest BCUT2D eigenvalue weighted by molar-refractivity contribution is 0.101. The summed E-state index contributed by atoms with van der Waals surface area (Å²) in [4.78, 5) is 10.7. The smallest absolute Gasteiger partial charge is 0.162 e. The molecule has 4 heteroatoms. The molecule has 12 heavy (non-hydrogen) atoms. The number of carbonyl (C=O) groups is 1. The number of halogens is 3. The van der Waals surface area contributed by atoms with E-state index in [1.807, 2.05) is 0 Å². The van der Waals surface area contributed by atoms with Crippen molar-refractivity contribution in [2.24, 2.45) is 0 Å². The first-order valence-corrected chi connectivity index (χ1v) is 3.97. The molecule has 0 atom stereocenters. The molecule has 64 valence electrons. The van der Waals surface area contributed by atoms with Crippen LogP contribution >= 0.6 is 15.9 Å². The standard InChI is InChI=1S/C8H5BrF2O/c1-4(12)5-2-3-6(10)7(9)8(5)11/h2-3H,1H3. The van der Waals surface area contributed by atoms with Crippen LogP contribution in [0.4, 0.5) is 8.78 Å². The molecule has 1 aromatic carbocycles. The fourth-order valence-corrected chi connectivity index (χ4v) is 1.14. The van der Waals surface area contributed by atoms with E-state index in [0.29, 0.717) is 0 Å². The van der Waals surface area contributed by atoms with Crippen LogP contribution in [0.3, 0.4) is 0 Å². The third kappa shape index (κ3) is 1.53. The number of ketones is 1. The molecule has 0 saturated heterocycles. The van der Waals surface area contributed by atoms with Crippen molar-refractivity contribution in [1.82, 2.24) is 0 Å². The second-order valence-corrected chi connectivity index (χ2v) is 3.07. The van der Waals surface area contributed by atoms with E-state index in [9.17, 15) is 13.6 Å². The van der Waals surface area contributed by atoms with Crippen LogP contribution in [0, 0.1) is 11.6 Å². The van der Waals surface area contributed by atoms with Crippen molar-refractivity contribution >= 4 is 21.7 Å². The van der Waals surface area contributed by atoms with Gasteiger partial charge in [0, 0.05) is 0 Å². The number of rotatable bonds is 1. The molecule has 0 aliphatic heterocycles. The Hall–Kier alpha value is -0.770. The van der Waals surface area contributed by atoms with E-state index >= 15 is 0 Å². The molecular weight excluding hydrogens is 230 g/mol. The minimum Gasteiger partial charge on any atom is -0.294 e. The second-order valence-electron chi connectivity index (χ2n) is 2.28. The molecule has 0 heterocycles. The first kappa shape index (κ1) is 9.32. The van der Waals surface area contributed by atoms with Gasteiger partial charge in [-0.15, -0.1) is 0 Å². The molecule has 0 aromatic heterocycles. The highest BCUT2D eigenvalue weighted by Gasteiger charge is 2.13. The molecule has 0 unspecified atom stereocenters. The highest BCUT2D eigenvalue weighted by atomic mass is 79.9. The predicted molar refractivity (Wildman–Crippen MR) is 44.1 cm³/mol. The van der Waals surface area contributed by atoms with Crippen molar-refractivity contribution < 1.29 is 13.6 Å². The normalized spacial score (nSPS) is 10.0. The SMILES string of the molecule is CC(=O)c1ccc(F)c(Br)c1F. The Labute approximate surface area is 76.5 Å². The van der Waals surface area contributed by atoms with Crippen LogP contribution < -0.4 is 0 Å². The van der Waals surface area contributed by atoms with Crippen LogP contribution in [0.15, 0.2) is 16.6 Å². The maximum absolute atomic E-state index is 13.0. The number of hydrogen-bond acceptors (Lipinski definition) is 1. The average molecular weight is 235 g/mol. The lowest BCUT2D eigenvalue weighted by atomic mass is 10.1. The largest absolute Gasteiger partial charge is 0.294 e. The minimum atomic E-state index is -0.845. The molecule has 0 aliphatic rings. The fourth-order valence-electron chi connectivity index (χ4n) is 0.798. The maximum atomic E-state index is 13.0. The summed E-state index contributed by atoms with van der Waals surface area (Å²) >= 11 is 2.70. The van der Waals surface area contributed by atoms with Crippen LogP contribution in [0.1, 0.15) is 17.3 Å². The average Bonchev–Trinajstić information content (AvgIpc) is 2.00.